The van der Waals surface area contributed by atoms with E-state index < -0.39 is 0 Å². The topological polar surface area (TPSA) is 12.0 Å². The van der Waals surface area contributed by atoms with Crippen LogP contribution in [0.5, 0.6) is 0 Å². The summed E-state index contributed by atoms with van der Waals surface area (Å²) in [7, 11) is 0. The van der Waals surface area contributed by atoms with E-state index in [1.54, 1.807) is 0 Å². The summed E-state index contributed by atoms with van der Waals surface area (Å²) in [6.45, 7) is 0. The fourth-order valence-electron chi connectivity index (χ4n) is 2.10. The quantitative estimate of drug-likeness (QED) is 0.764. The molecule has 2 saturated carbocycles. The predicted octanol–water partition coefficient (Wildman–Crippen LogP) is 2.89. The number of benzene rings is 1. The first-order valence-corrected chi connectivity index (χ1v) is 5.74. The lowest BCUT2D eigenvalue weighted by Crippen LogP contribution is -2.24. The summed E-state index contributed by atoms with van der Waals surface area (Å²) in [5.41, 5.74) is 1.49. The van der Waals surface area contributed by atoms with Crippen LogP contribution < -0.4 is 5.32 Å². The largest absolute Gasteiger partial charge is 0.307 e. The van der Waals surface area contributed by atoms with Gasteiger partial charge in [-0.2, -0.15) is 0 Å². The molecule has 2 aliphatic rings. The van der Waals surface area contributed by atoms with Crippen molar-refractivity contribution in [2.45, 2.75) is 37.8 Å². The zero-order valence-electron chi connectivity index (χ0n) is 8.45. The van der Waals surface area contributed by atoms with Gasteiger partial charge in [-0.05, 0) is 37.2 Å². The molecule has 2 fully saturated rings. The van der Waals surface area contributed by atoms with Crippen LogP contribution in [0.25, 0.3) is 0 Å². The molecule has 14 heavy (non-hydrogen) atoms. The van der Waals surface area contributed by atoms with Crippen LogP contribution in [0, 0.1) is 5.92 Å². The first-order valence-electron chi connectivity index (χ1n) is 5.74. The van der Waals surface area contributed by atoms with Crippen molar-refractivity contribution in [1.29, 1.82) is 0 Å². The van der Waals surface area contributed by atoms with Gasteiger partial charge in [-0.25, -0.2) is 0 Å². The van der Waals surface area contributed by atoms with E-state index in [2.05, 4.69) is 35.6 Å². The van der Waals surface area contributed by atoms with E-state index in [1.165, 1.54) is 31.2 Å². The maximum Gasteiger partial charge on any atom is 0.0351 e. The zero-order valence-corrected chi connectivity index (χ0v) is 8.45. The second-order valence-corrected chi connectivity index (χ2v) is 4.67. The second-order valence-electron chi connectivity index (χ2n) is 4.67. The van der Waals surface area contributed by atoms with E-state index in [1.807, 2.05) is 0 Å². The van der Waals surface area contributed by atoms with Gasteiger partial charge in [0.05, 0.1) is 0 Å². The van der Waals surface area contributed by atoms with Gasteiger partial charge >= 0.3 is 0 Å². The van der Waals surface area contributed by atoms with Gasteiger partial charge in [0.25, 0.3) is 0 Å². The predicted molar refractivity (Wildman–Crippen MR) is 58.1 cm³/mol. The molecule has 0 heterocycles. The van der Waals surface area contributed by atoms with Crippen LogP contribution in [0.3, 0.4) is 0 Å². The molecule has 0 unspecified atom stereocenters. The Labute approximate surface area is 85.5 Å². The molecular formula is C13H17N. The summed E-state index contributed by atoms with van der Waals surface area (Å²) in [5, 5.41) is 3.77. The number of hydrogen-bond donors (Lipinski definition) is 1. The fraction of sp³-hybridized carbons (Fsp3) is 0.538. The van der Waals surface area contributed by atoms with E-state index in [0.717, 1.165) is 12.0 Å². The van der Waals surface area contributed by atoms with Crippen molar-refractivity contribution < 1.29 is 0 Å². The van der Waals surface area contributed by atoms with Gasteiger partial charge < -0.3 is 5.32 Å². The Bertz CT molecular complexity index is 298. The van der Waals surface area contributed by atoms with Crippen molar-refractivity contribution in [2.75, 3.05) is 0 Å². The third-order valence-corrected chi connectivity index (χ3v) is 3.24. The molecular weight excluding hydrogens is 170 g/mol. The van der Waals surface area contributed by atoms with Gasteiger partial charge in [-0.15, -0.1) is 0 Å². The summed E-state index contributed by atoms with van der Waals surface area (Å²) in [6, 6.07) is 12.4. The van der Waals surface area contributed by atoms with Crippen LogP contribution in [0.1, 0.15) is 37.3 Å². The SMILES string of the molecule is c1ccc([C@@H](NC2CC2)C2CC2)cc1. The fourth-order valence-corrected chi connectivity index (χ4v) is 2.10. The Balaban J connectivity index is 1.76. The van der Waals surface area contributed by atoms with Crippen LogP contribution in [0.2, 0.25) is 0 Å². The highest BCUT2D eigenvalue weighted by molar-refractivity contribution is 5.21. The molecule has 1 atom stereocenters. The smallest absolute Gasteiger partial charge is 0.0351 e. The summed E-state index contributed by atoms with van der Waals surface area (Å²) >= 11 is 0. The van der Waals surface area contributed by atoms with Gasteiger partial charge in [0.1, 0.15) is 0 Å². The Morgan fingerprint density at radius 1 is 1.00 bits per heavy atom. The van der Waals surface area contributed by atoms with Crippen LogP contribution >= 0.6 is 0 Å². The Morgan fingerprint density at radius 3 is 2.29 bits per heavy atom. The molecule has 0 aromatic heterocycles. The standard InChI is InChI=1S/C13H17N/c1-2-4-10(5-3-1)13(11-6-7-11)14-12-8-9-12/h1-5,11-14H,6-9H2/t13-/m1/s1. The summed E-state index contributed by atoms with van der Waals surface area (Å²) in [5.74, 6) is 0.915. The van der Waals surface area contributed by atoms with E-state index >= 15 is 0 Å². The van der Waals surface area contributed by atoms with E-state index in [0.29, 0.717) is 6.04 Å². The van der Waals surface area contributed by atoms with Crippen molar-refractivity contribution >= 4 is 0 Å². The third kappa shape index (κ3) is 1.83. The molecule has 0 saturated heterocycles. The lowest BCUT2D eigenvalue weighted by molar-refractivity contribution is 0.478. The monoisotopic (exact) mass is 187 g/mol. The third-order valence-electron chi connectivity index (χ3n) is 3.24. The molecule has 74 valence electrons. The normalized spacial score (nSPS) is 23.4. The van der Waals surface area contributed by atoms with E-state index in [4.69, 9.17) is 0 Å². The average Bonchev–Trinajstić information content (AvgIpc) is 3.08. The number of rotatable bonds is 4. The highest BCUT2D eigenvalue weighted by Gasteiger charge is 2.35. The van der Waals surface area contributed by atoms with Crippen LogP contribution in [0.4, 0.5) is 0 Å². The molecule has 2 aliphatic carbocycles. The molecule has 3 rings (SSSR count). The summed E-state index contributed by atoms with van der Waals surface area (Å²) < 4.78 is 0. The molecule has 1 heteroatoms. The highest BCUT2D eigenvalue weighted by Crippen LogP contribution is 2.42. The summed E-state index contributed by atoms with van der Waals surface area (Å²) in [4.78, 5) is 0. The molecule has 1 aromatic rings. The van der Waals surface area contributed by atoms with Crippen molar-refractivity contribution in [3.8, 4) is 0 Å². The number of hydrogen-bond acceptors (Lipinski definition) is 1. The number of nitrogens with one attached hydrogen (secondary N) is 1. The van der Waals surface area contributed by atoms with Crippen molar-refractivity contribution in [2.24, 2.45) is 5.92 Å². The maximum absolute atomic E-state index is 3.77. The molecule has 0 amide bonds. The molecule has 1 aromatic carbocycles. The molecule has 0 bridgehead atoms. The first kappa shape index (κ1) is 8.49. The summed E-state index contributed by atoms with van der Waals surface area (Å²) in [6.07, 6.45) is 5.60. The van der Waals surface area contributed by atoms with Gasteiger partial charge in [0, 0.05) is 12.1 Å². The van der Waals surface area contributed by atoms with Gasteiger partial charge in [0.2, 0.25) is 0 Å². The lowest BCUT2D eigenvalue weighted by atomic mass is 10.0. The van der Waals surface area contributed by atoms with E-state index in [-0.39, 0.29) is 0 Å². The minimum atomic E-state index is 0.642. The molecule has 1 N–H and O–H groups in total. The van der Waals surface area contributed by atoms with Crippen molar-refractivity contribution in [1.82, 2.24) is 5.32 Å². The molecule has 0 spiro atoms. The van der Waals surface area contributed by atoms with Crippen LogP contribution in [0.15, 0.2) is 30.3 Å². The Kier molecular flexibility index (Phi) is 2.06. The first-order chi connectivity index (χ1) is 6.93. The van der Waals surface area contributed by atoms with E-state index in [9.17, 15) is 0 Å². The van der Waals surface area contributed by atoms with Gasteiger partial charge in [-0.3, -0.25) is 0 Å². The lowest BCUT2D eigenvalue weighted by Gasteiger charge is -2.18. The minimum absolute atomic E-state index is 0.642. The zero-order chi connectivity index (χ0) is 9.38. The molecule has 0 radical (unpaired) electrons. The van der Waals surface area contributed by atoms with Crippen molar-refractivity contribution in [3.63, 3.8) is 0 Å². The maximum atomic E-state index is 3.77. The molecule has 1 nitrogen and oxygen atoms in total. The van der Waals surface area contributed by atoms with Gasteiger partial charge in [-0.1, -0.05) is 30.3 Å². The molecule has 0 aliphatic heterocycles. The van der Waals surface area contributed by atoms with Gasteiger partial charge in [0.15, 0.2) is 0 Å². The Morgan fingerprint density at radius 2 is 1.71 bits per heavy atom. The second kappa shape index (κ2) is 3.39. The Hall–Kier alpha value is -0.820. The van der Waals surface area contributed by atoms with Crippen LogP contribution in [-0.4, -0.2) is 6.04 Å². The van der Waals surface area contributed by atoms with Crippen LogP contribution in [-0.2, 0) is 0 Å². The minimum Gasteiger partial charge on any atom is -0.307 e. The highest BCUT2D eigenvalue weighted by atomic mass is 15.0. The average molecular weight is 187 g/mol. The van der Waals surface area contributed by atoms with Crippen molar-refractivity contribution in [3.05, 3.63) is 35.9 Å².